The fraction of sp³-hybridized carbons (Fsp3) is 0.158. The molecule has 8 heteroatoms. The standard InChI is InChI=1S/C19H17F3N2O3/c1-3-5-13-8-12(9-16(27-2)17(13)25)11-23-24-18(26)14-6-4-7-15(10-14)19(20,21)22/h3-4,6-11,25H,1,5H2,2H3,(H,24,26)/b23-11+. The van der Waals surface area contributed by atoms with E-state index in [0.29, 0.717) is 17.5 Å². The number of carbonyl (C=O) groups excluding carboxylic acids is 1. The molecule has 5 nitrogen and oxygen atoms in total. The first-order valence-electron chi connectivity index (χ1n) is 7.77. The zero-order valence-electron chi connectivity index (χ0n) is 14.4. The molecule has 0 saturated carbocycles. The summed E-state index contributed by atoms with van der Waals surface area (Å²) in [5.41, 5.74) is 2.15. The van der Waals surface area contributed by atoms with Gasteiger partial charge in [-0.15, -0.1) is 6.58 Å². The molecule has 0 bridgehead atoms. The number of phenols is 1. The highest BCUT2D eigenvalue weighted by molar-refractivity contribution is 5.95. The largest absolute Gasteiger partial charge is 0.504 e. The van der Waals surface area contributed by atoms with E-state index in [1.165, 1.54) is 25.5 Å². The lowest BCUT2D eigenvalue weighted by atomic mass is 10.1. The van der Waals surface area contributed by atoms with Crippen molar-refractivity contribution in [3.05, 3.63) is 71.3 Å². The maximum atomic E-state index is 12.7. The summed E-state index contributed by atoms with van der Waals surface area (Å²) in [4.78, 5) is 12.0. The number of halogens is 3. The van der Waals surface area contributed by atoms with Gasteiger partial charge in [-0.3, -0.25) is 4.79 Å². The molecule has 1 amide bonds. The summed E-state index contributed by atoms with van der Waals surface area (Å²) in [7, 11) is 1.39. The van der Waals surface area contributed by atoms with Gasteiger partial charge in [-0.25, -0.2) is 5.43 Å². The first-order chi connectivity index (χ1) is 12.8. The van der Waals surface area contributed by atoms with Gasteiger partial charge in [-0.2, -0.15) is 18.3 Å². The smallest absolute Gasteiger partial charge is 0.416 e. The molecule has 0 aromatic heterocycles. The average Bonchev–Trinajstić information content (AvgIpc) is 2.63. The number of benzene rings is 2. The molecule has 0 unspecified atom stereocenters. The highest BCUT2D eigenvalue weighted by atomic mass is 19.4. The summed E-state index contributed by atoms with van der Waals surface area (Å²) >= 11 is 0. The molecular weight excluding hydrogens is 361 g/mol. The summed E-state index contributed by atoms with van der Waals surface area (Å²) in [5, 5.41) is 13.8. The third kappa shape index (κ3) is 5.10. The summed E-state index contributed by atoms with van der Waals surface area (Å²) in [6.45, 7) is 3.60. The van der Waals surface area contributed by atoms with Crippen molar-refractivity contribution in [2.24, 2.45) is 5.10 Å². The number of methoxy groups -OCH3 is 1. The molecule has 0 aliphatic carbocycles. The van der Waals surface area contributed by atoms with E-state index in [1.54, 1.807) is 12.1 Å². The quantitative estimate of drug-likeness (QED) is 0.455. The summed E-state index contributed by atoms with van der Waals surface area (Å²) in [6.07, 6.45) is -1.25. The Hall–Kier alpha value is -3.29. The fourth-order valence-electron chi connectivity index (χ4n) is 2.30. The Labute approximate surface area is 153 Å². The Kier molecular flexibility index (Phi) is 6.23. The van der Waals surface area contributed by atoms with E-state index < -0.39 is 17.6 Å². The number of amides is 1. The third-order valence-electron chi connectivity index (χ3n) is 3.59. The van der Waals surface area contributed by atoms with Gasteiger partial charge in [-0.1, -0.05) is 12.1 Å². The molecular formula is C19H17F3N2O3. The van der Waals surface area contributed by atoms with E-state index in [0.717, 1.165) is 18.2 Å². The van der Waals surface area contributed by atoms with E-state index >= 15 is 0 Å². The Morgan fingerprint density at radius 2 is 2.07 bits per heavy atom. The van der Waals surface area contributed by atoms with E-state index in [-0.39, 0.29) is 17.1 Å². The van der Waals surface area contributed by atoms with Crippen LogP contribution in [-0.4, -0.2) is 24.3 Å². The molecule has 2 aromatic carbocycles. The minimum Gasteiger partial charge on any atom is -0.504 e. The highest BCUT2D eigenvalue weighted by Gasteiger charge is 2.30. The predicted molar refractivity (Wildman–Crippen MR) is 95.1 cm³/mol. The van der Waals surface area contributed by atoms with Gasteiger partial charge in [0.1, 0.15) is 0 Å². The number of hydrogen-bond donors (Lipinski definition) is 2. The van der Waals surface area contributed by atoms with Crippen molar-refractivity contribution in [3.63, 3.8) is 0 Å². The number of nitrogens with one attached hydrogen (secondary N) is 1. The Morgan fingerprint density at radius 3 is 2.70 bits per heavy atom. The summed E-state index contributed by atoms with van der Waals surface area (Å²) in [5.74, 6) is -0.586. The number of rotatable bonds is 6. The van der Waals surface area contributed by atoms with Gasteiger partial charge in [0.15, 0.2) is 11.5 Å². The van der Waals surface area contributed by atoms with Crippen LogP contribution < -0.4 is 10.2 Å². The van der Waals surface area contributed by atoms with E-state index in [2.05, 4.69) is 17.1 Å². The number of alkyl halides is 3. The number of hydrogen-bond acceptors (Lipinski definition) is 4. The first kappa shape index (κ1) is 20.0. The van der Waals surface area contributed by atoms with Crippen LogP contribution in [-0.2, 0) is 12.6 Å². The minimum atomic E-state index is -4.54. The molecule has 0 aliphatic heterocycles. The summed E-state index contributed by atoms with van der Waals surface area (Å²) < 4.78 is 43.2. The van der Waals surface area contributed by atoms with Crippen molar-refractivity contribution < 1.29 is 27.8 Å². The highest BCUT2D eigenvalue weighted by Crippen LogP contribution is 2.31. The minimum absolute atomic E-state index is 0.0254. The van der Waals surface area contributed by atoms with Gasteiger partial charge in [-0.05, 0) is 42.3 Å². The molecule has 0 aliphatic rings. The van der Waals surface area contributed by atoms with E-state index in [4.69, 9.17) is 4.74 Å². The lowest BCUT2D eigenvalue weighted by Crippen LogP contribution is -2.18. The van der Waals surface area contributed by atoms with Crippen LogP contribution in [0.5, 0.6) is 11.5 Å². The Bertz CT molecular complexity index is 877. The maximum Gasteiger partial charge on any atom is 0.416 e. The number of carbonyl (C=O) groups is 1. The monoisotopic (exact) mass is 378 g/mol. The fourth-order valence-corrected chi connectivity index (χ4v) is 2.30. The molecule has 0 fully saturated rings. The van der Waals surface area contributed by atoms with Crippen LogP contribution in [0.15, 0.2) is 54.2 Å². The SMILES string of the molecule is C=CCc1cc(/C=N/NC(=O)c2cccc(C(F)(F)F)c2)cc(OC)c1O. The molecule has 0 heterocycles. The van der Waals surface area contributed by atoms with Crippen molar-refractivity contribution in [1.82, 2.24) is 5.43 Å². The number of hydrazone groups is 1. The molecule has 0 spiro atoms. The Balaban J connectivity index is 2.16. The van der Waals surface area contributed by atoms with Gasteiger partial charge in [0.05, 0.1) is 18.9 Å². The molecule has 2 N–H and O–H groups in total. The predicted octanol–water partition coefficient (Wildman–Crippen LogP) is 3.91. The van der Waals surface area contributed by atoms with Crippen molar-refractivity contribution in [1.29, 1.82) is 0 Å². The molecule has 0 saturated heterocycles. The van der Waals surface area contributed by atoms with Crippen molar-refractivity contribution in [3.8, 4) is 11.5 Å². The third-order valence-corrected chi connectivity index (χ3v) is 3.59. The van der Waals surface area contributed by atoms with Gasteiger partial charge >= 0.3 is 6.18 Å². The van der Waals surface area contributed by atoms with Crippen LogP contribution in [0.2, 0.25) is 0 Å². The van der Waals surface area contributed by atoms with E-state index in [9.17, 15) is 23.1 Å². The first-order valence-corrected chi connectivity index (χ1v) is 7.77. The van der Waals surface area contributed by atoms with Crippen LogP contribution in [0.1, 0.15) is 27.0 Å². The number of phenolic OH excluding ortho intramolecular Hbond substituents is 1. The molecule has 2 rings (SSSR count). The van der Waals surface area contributed by atoms with Gasteiger partial charge in [0, 0.05) is 11.1 Å². The van der Waals surface area contributed by atoms with Crippen molar-refractivity contribution >= 4 is 12.1 Å². The van der Waals surface area contributed by atoms with Crippen molar-refractivity contribution in [2.45, 2.75) is 12.6 Å². The number of aromatic hydroxyl groups is 1. The lowest BCUT2D eigenvalue weighted by Gasteiger charge is -2.09. The number of nitrogens with zero attached hydrogens (tertiary/aromatic N) is 1. The number of ether oxygens (including phenoxy) is 1. The maximum absolute atomic E-state index is 12.7. The zero-order valence-corrected chi connectivity index (χ0v) is 14.4. The summed E-state index contributed by atoms with van der Waals surface area (Å²) in [6, 6.07) is 7.15. The van der Waals surface area contributed by atoms with E-state index in [1.807, 2.05) is 0 Å². The van der Waals surface area contributed by atoms with Crippen LogP contribution in [0, 0.1) is 0 Å². The molecule has 0 radical (unpaired) electrons. The Morgan fingerprint density at radius 1 is 1.33 bits per heavy atom. The van der Waals surface area contributed by atoms with Crippen molar-refractivity contribution in [2.75, 3.05) is 7.11 Å². The topological polar surface area (TPSA) is 70.9 Å². The van der Waals surface area contributed by atoms with Crippen LogP contribution in [0.4, 0.5) is 13.2 Å². The normalized spacial score (nSPS) is 11.4. The van der Waals surface area contributed by atoms with Gasteiger partial charge in [0.25, 0.3) is 5.91 Å². The van der Waals surface area contributed by atoms with Crippen LogP contribution in [0.25, 0.3) is 0 Å². The van der Waals surface area contributed by atoms with Crippen LogP contribution in [0.3, 0.4) is 0 Å². The second kappa shape index (κ2) is 8.39. The zero-order chi connectivity index (χ0) is 20.0. The second-order valence-electron chi connectivity index (χ2n) is 5.50. The van der Waals surface area contributed by atoms with Crippen LogP contribution >= 0.6 is 0 Å². The molecule has 27 heavy (non-hydrogen) atoms. The average molecular weight is 378 g/mol. The molecule has 2 aromatic rings. The second-order valence-corrected chi connectivity index (χ2v) is 5.50. The lowest BCUT2D eigenvalue weighted by molar-refractivity contribution is -0.137. The van der Waals surface area contributed by atoms with Gasteiger partial charge in [0.2, 0.25) is 0 Å². The number of allylic oxidation sites excluding steroid dienone is 1. The van der Waals surface area contributed by atoms with Gasteiger partial charge < -0.3 is 9.84 Å². The molecule has 0 atom stereocenters. The molecule has 142 valence electrons.